The molecule has 1 heterocycles. The van der Waals surface area contributed by atoms with Crippen LogP contribution in [-0.2, 0) is 16.2 Å². The van der Waals surface area contributed by atoms with E-state index >= 15 is 0 Å². The number of nitrogens with zero attached hydrogens (tertiary/aromatic N) is 2. The van der Waals surface area contributed by atoms with Crippen molar-refractivity contribution in [1.29, 1.82) is 0 Å². The molecule has 0 N–H and O–H groups in total. The largest absolute Gasteiger partial charge is 0.331 e. The second kappa shape index (κ2) is 17.7. The van der Waals surface area contributed by atoms with Crippen LogP contribution in [0.5, 0.6) is 0 Å². The van der Waals surface area contributed by atoms with Crippen LogP contribution in [0.15, 0.2) is 249 Å². The van der Waals surface area contributed by atoms with Gasteiger partial charge in [0.2, 0.25) is 0 Å². The average Bonchev–Trinajstić information content (AvgIpc) is 3.35. The van der Waals surface area contributed by atoms with Crippen LogP contribution >= 0.6 is 0 Å². The van der Waals surface area contributed by atoms with Gasteiger partial charge in [-0.15, -0.1) is 0 Å². The second-order valence-electron chi connectivity index (χ2n) is 24.2. The molecule has 78 heavy (non-hydrogen) atoms. The topological polar surface area (TPSA) is 6.48 Å². The minimum atomic E-state index is -0.568. The van der Waals surface area contributed by atoms with Gasteiger partial charge in [0, 0.05) is 33.9 Å². The van der Waals surface area contributed by atoms with Crippen molar-refractivity contribution in [2.45, 2.75) is 76.7 Å². The minimum absolute atomic E-state index is 0.0504. The smallest absolute Gasteiger partial charge is 0.0726 e. The molecule has 0 saturated heterocycles. The van der Waals surface area contributed by atoms with Gasteiger partial charge in [0.05, 0.1) is 16.6 Å². The molecule has 0 bridgehead atoms. The third kappa shape index (κ3) is 7.15. The molecule has 0 radical (unpaired) electrons. The number of hydrogen-bond donors (Lipinski definition) is 0. The maximum Gasteiger partial charge on any atom is 0.0726 e. The Balaban J connectivity index is 1.04. The summed E-state index contributed by atoms with van der Waals surface area (Å²) in [5, 5.41) is 0. The average molecular weight is 1010 g/mol. The number of anilines is 5. The quantitative estimate of drug-likeness (QED) is 0.157. The summed E-state index contributed by atoms with van der Waals surface area (Å²) < 4.78 is 0. The van der Waals surface area contributed by atoms with Crippen molar-refractivity contribution in [3.8, 4) is 55.6 Å². The zero-order chi connectivity index (χ0) is 53.1. The van der Waals surface area contributed by atoms with Crippen LogP contribution in [0, 0.1) is 0 Å². The molecule has 10 aromatic carbocycles. The third-order valence-corrected chi connectivity index (χ3v) is 17.6. The maximum atomic E-state index is 2.60. The van der Waals surface area contributed by atoms with Crippen molar-refractivity contribution < 1.29 is 0 Å². The summed E-state index contributed by atoms with van der Waals surface area (Å²) in [7, 11) is 0. The Labute approximate surface area is 461 Å². The van der Waals surface area contributed by atoms with E-state index in [-0.39, 0.29) is 16.4 Å². The molecule has 1 spiro atoms. The summed E-state index contributed by atoms with van der Waals surface area (Å²) in [4.78, 5) is 5.16. The van der Waals surface area contributed by atoms with Crippen molar-refractivity contribution in [2.75, 3.05) is 9.80 Å². The molecular weight excluding hydrogens is 941 g/mol. The lowest BCUT2D eigenvalue weighted by molar-refractivity contribution is 0.586. The van der Waals surface area contributed by atoms with Crippen molar-refractivity contribution in [2.24, 2.45) is 0 Å². The molecule has 3 aliphatic carbocycles. The highest BCUT2D eigenvalue weighted by Gasteiger charge is 2.53. The van der Waals surface area contributed by atoms with Crippen molar-refractivity contribution in [3.05, 3.63) is 288 Å². The van der Waals surface area contributed by atoms with Crippen LogP contribution in [0.2, 0.25) is 0 Å². The van der Waals surface area contributed by atoms with Gasteiger partial charge in [0.25, 0.3) is 0 Å². The summed E-state index contributed by atoms with van der Waals surface area (Å²) in [6.07, 6.45) is 7.80. The predicted molar refractivity (Wildman–Crippen MR) is 330 cm³/mol. The summed E-state index contributed by atoms with van der Waals surface area (Å²) >= 11 is 0. The molecule has 4 aliphatic rings. The van der Waals surface area contributed by atoms with E-state index in [4.69, 9.17) is 0 Å². The Kier molecular flexibility index (Phi) is 10.8. The SMILES string of the molecule is CC(C)(C)c1ccc2c(c1)C1(c3ccccc3-c3ccc(N(c4cccc(N5c6ccccc6C6=CC=CCC65C)c4)c4ccccc4-c4ccccc4-c4ccccc4-c4ccccc4)cc31)c1cc(C(C)(C)C)ccc1-2. The van der Waals surface area contributed by atoms with Gasteiger partial charge < -0.3 is 9.80 Å². The fourth-order valence-electron chi connectivity index (χ4n) is 13.8. The normalized spacial score (nSPS) is 16.2. The number of allylic oxidation sites excluding steroid dienone is 2. The standard InChI is InChI=1S/C76H64N2/c1-73(2,3)51-39-42-61-62-43-40-52(74(4,5)6)47-69(62)76(68(61)46-51)67-36-18-15-32-60(67)63-44-41-54(49-70(63)76)77(53-26-23-27-55(48-53)78-72-38-20-17-34-65(72)66-35-21-22-45-75(66,78)7)71-37-19-16-33-64(71)59-31-14-13-30-58(59)57-29-12-11-28-56(57)50-24-9-8-10-25-50/h8-44,46-49H,45H2,1-7H3. The fraction of sp³-hybridized carbons (Fsp3) is 0.158. The zero-order valence-electron chi connectivity index (χ0n) is 45.8. The van der Waals surface area contributed by atoms with Gasteiger partial charge in [-0.2, -0.15) is 0 Å². The van der Waals surface area contributed by atoms with Gasteiger partial charge in [-0.1, -0.05) is 248 Å². The highest BCUT2D eigenvalue weighted by molar-refractivity contribution is 6.01. The first-order valence-corrected chi connectivity index (χ1v) is 27.9. The number of fused-ring (bicyclic) bond motifs is 13. The molecule has 0 saturated carbocycles. The van der Waals surface area contributed by atoms with Gasteiger partial charge in [-0.05, 0) is 156 Å². The summed E-state index contributed by atoms with van der Waals surface area (Å²) in [6, 6.07) is 87.5. The summed E-state index contributed by atoms with van der Waals surface area (Å²) in [5.41, 5.74) is 27.9. The lowest BCUT2D eigenvalue weighted by atomic mass is 9.68. The molecule has 1 atom stereocenters. The van der Waals surface area contributed by atoms with Crippen LogP contribution in [0.1, 0.15) is 93.8 Å². The van der Waals surface area contributed by atoms with Gasteiger partial charge in [-0.25, -0.2) is 0 Å². The molecule has 0 amide bonds. The van der Waals surface area contributed by atoms with Crippen molar-refractivity contribution >= 4 is 34.0 Å². The minimum Gasteiger partial charge on any atom is -0.331 e. The fourth-order valence-corrected chi connectivity index (χ4v) is 13.8. The molecule has 0 aromatic heterocycles. The summed E-state index contributed by atoms with van der Waals surface area (Å²) in [6.45, 7) is 16.5. The van der Waals surface area contributed by atoms with Gasteiger partial charge in [0.1, 0.15) is 0 Å². The molecule has 0 fully saturated rings. The number of rotatable bonds is 7. The Bertz CT molecular complexity index is 4050. The monoisotopic (exact) mass is 1000 g/mol. The number of para-hydroxylation sites is 2. The first-order valence-electron chi connectivity index (χ1n) is 27.9. The first-order chi connectivity index (χ1) is 37.8. The van der Waals surface area contributed by atoms with E-state index in [1.165, 1.54) is 100 Å². The van der Waals surface area contributed by atoms with Crippen LogP contribution < -0.4 is 9.80 Å². The van der Waals surface area contributed by atoms with Crippen LogP contribution in [0.4, 0.5) is 28.4 Å². The Morgan fingerprint density at radius 2 is 0.897 bits per heavy atom. The summed E-state index contributed by atoms with van der Waals surface area (Å²) in [5.74, 6) is 0. The van der Waals surface area contributed by atoms with E-state index < -0.39 is 5.41 Å². The molecule has 2 nitrogen and oxygen atoms in total. The van der Waals surface area contributed by atoms with E-state index in [1.54, 1.807) is 0 Å². The van der Waals surface area contributed by atoms with E-state index in [0.717, 1.165) is 34.7 Å². The second-order valence-corrected chi connectivity index (χ2v) is 24.2. The maximum absolute atomic E-state index is 2.60. The molecule has 1 unspecified atom stereocenters. The van der Waals surface area contributed by atoms with E-state index in [0.29, 0.717) is 0 Å². The highest BCUT2D eigenvalue weighted by atomic mass is 15.2. The van der Waals surface area contributed by atoms with E-state index in [1.807, 2.05) is 0 Å². The molecule has 10 aromatic rings. The predicted octanol–water partition coefficient (Wildman–Crippen LogP) is 20.3. The van der Waals surface area contributed by atoms with Crippen LogP contribution in [0.3, 0.4) is 0 Å². The number of hydrogen-bond acceptors (Lipinski definition) is 2. The van der Waals surface area contributed by atoms with Gasteiger partial charge >= 0.3 is 0 Å². The Hall–Kier alpha value is -8.72. The van der Waals surface area contributed by atoms with E-state index in [9.17, 15) is 0 Å². The van der Waals surface area contributed by atoms with Crippen LogP contribution in [0.25, 0.3) is 61.2 Å². The Morgan fingerprint density at radius 1 is 0.397 bits per heavy atom. The molecule has 14 rings (SSSR count). The third-order valence-electron chi connectivity index (χ3n) is 17.6. The number of benzene rings is 10. The van der Waals surface area contributed by atoms with Crippen LogP contribution in [-0.4, -0.2) is 5.54 Å². The van der Waals surface area contributed by atoms with Crippen molar-refractivity contribution in [1.82, 2.24) is 0 Å². The van der Waals surface area contributed by atoms with Gasteiger partial charge in [-0.3, -0.25) is 0 Å². The molecule has 2 heteroatoms. The molecular formula is C76H64N2. The first kappa shape index (κ1) is 47.7. The zero-order valence-corrected chi connectivity index (χ0v) is 45.8. The molecule has 1 aliphatic heterocycles. The Morgan fingerprint density at radius 3 is 1.56 bits per heavy atom. The lowest BCUT2D eigenvalue weighted by Crippen LogP contribution is -2.40. The van der Waals surface area contributed by atoms with Crippen molar-refractivity contribution in [3.63, 3.8) is 0 Å². The van der Waals surface area contributed by atoms with Gasteiger partial charge in [0.15, 0.2) is 0 Å². The molecule has 378 valence electrons. The highest BCUT2D eigenvalue weighted by Crippen LogP contribution is 2.65. The van der Waals surface area contributed by atoms with E-state index in [2.05, 4.69) is 307 Å². The lowest BCUT2D eigenvalue weighted by Gasteiger charge is -2.39.